The minimum atomic E-state index is -0.110. The molecule has 0 aromatic rings. The van der Waals surface area contributed by atoms with Crippen molar-refractivity contribution in [3.05, 3.63) is 0 Å². The fraction of sp³-hybridized carbons (Fsp3) is 0.882. The van der Waals surface area contributed by atoms with Crippen LogP contribution in [-0.2, 0) is 0 Å². The molecule has 3 unspecified atom stereocenters. The highest BCUT2D eigenvalue weighted by Gasteiger charge is 2.42. The summed E-state index contributed by atoms with van der Waals surface area (Å²) in [6.07, 6.45) is 15.8. The van der Waals surface area contributed by atoms with E-state index in [1.165, 1.54) is 58.3 Å². The number of rotatable bonds is 6. The van der Waals surface area contributed by atoms with Crippen LogP contribution in [0.5, 0.6) is 0 Å². The van der Waals surface area contributed by atoms with E-state index in [1.807, 2.05) is 0 Å². The van der Waals surface area contributed by atoms with E-state index in [9.17, 15) is 0 Å². The minimum Gasteiger partial charge on any atom is -0.306 e. The molecule has 3 atom stereocenters. The molecule has 2 heterocycles. The predicted molar refractivity (Wildman–Crippen MR) is 103 cm³/mol. The highest BCUT2D eigenvalue weighted by atomic mass is 31.2. The van der Waals surface area contributed by atoms with Gasteiger partial charge in [0, 0.05) is 13.1 Å². The lowest BCUT2D eigenvalue weighted by atomic mass is 9.88. The van der Waals surface area contributed by atoms with Crippen molar-refractivity contribution < 1.29 is 0 Å². The fourth-order valence-electron chi connectivity index (χ4n) is 3.94. The maximum atomic E-state index is 4.32. The summed E-state index contributed by atoms with van der Waals surface area (Å²) in [5.41, 5.74) is 0.706. The first-order chi connectivity index (χ1) is 9.97. The van der Waals surface area contributed by atoms with Gasteiger partial charge in [0.15, 0.2) is 15.1 Å². The highest BCUT2D eigenvalue weighted by molar-refractivity contribution is 7.72. The van der Waals surface area contributed by atoms with Crippen LogP contribution >= 0.6 is 15.1 Å². The maximum Gasteiger partial charge on any atom is 0.316 e. The van der Waals surface area contributed by atoms with Crippen molar-refractivity contribution in [3.63, 3.8) is 0 Å². The van der Waals surface area contributed by atoms with E-state index in [4.69, 9.17) is 0 Å². The topological polar surface area (TPSA) is 6.48 Å². The van der Waals surface area contributed by atoms with Gasteiger partial charge in [-0.3, -0.25) is 0 Å². The molecule has 0 aromatic carbocycles. The normalized spacial score (nSPS) is 28.6. The minimum absolute atomic E-state index is 0.110. The molecule has 2 fully saturated rings. The summed E-state index contributed by atoms with van der Waals surface area (Å²) in [7, 11) is 2.05. The zero-order valence-electron chi connectivity index (χ0n) is 14.3. The van der Waals surface area contributed by atoms with Gasteiger partial charge in [0.25, 0.3) is 0 Å². The number of hydrogen-bond donors (Lipinski definition) is 0. The summed E-state index contributed by atoms with van der Waals surface area (Å²) in [6, 6.07) is 0. The summed E-state index contributed by atoms with van der Waals surface area (Å²) in [5.74, 6) is 1.95. The van der Waals surface area contributed by atoms with E-state index in [1.54, 1.807) is 0 Å². The van der Waals surface area contributed by atoms with Crippen LogP contribution in [0, 0.1) is 11.8 Å². The predicted octanol–water partition coefficient (Wildman–Crippen LogP) is 3.80. The van der Waals surface area contributed by atoms with Crippen molar-refractivity contribution in [1.82, 2.24) is 9.80 Å². The zero-order chi connectivity index (χ0) is 15.4. The van der Waals surface area contributed by atoms with Gasteiger partial charge in [-0.15, -0.1) is 0 Å². The molecule has 0 spiro atoms. The van der Waals surface area contributed by atoms with Crippen LogP contribution in [0.4, 0.5) is 0 Å². The van der Waals surface area contributed by atoms with Gasteiger partial charge in [-0.05, 0) is 57.7 Å². The van der Waals surface area contributed by atoms with Crippen LogP contribution in [-0.4, -0.2) is 74.5 Å². The summed E-state index contributed by atoms with van der Waals surface area (Å²) < 4.78 is 0. The lowest BCUT2D eigenvalue weighted by molar-refractivity contribution is 0.100. The van der Waals surface area contributed by atoms with E-state index >= 15 is 0 Å². The standard InChI is InChI=1S/C17H34N2P2/c1-18-11-6-7-15(10-12-18)8-9-16-13-19(14-16)17(20(2)3)21(4)5/h15-17H,2,4,6-14H2,1,3,5H3/q+2. The molecule has 21 heavy (non-hydrogen) atoms. The quantitative estimate of drug-likeness (QED) is 0.684. The second kappa shape index (κ2) is 8.21. The van der Waals surface area contributed by atoms with Crippen molar-refractivity contribution in [1.29, 1.82) is 0 Å². The fourth-order valence-corrected chi connectivity index (χ4v) is 8.13. The van der Waals surface area contributed by atoms with E-state index in [0.717, 1.165) is 11.8 Å². The average Bonchev–Trinajstić information content (AvgIpc) is 2.55. The van der Waals surface area contributed by atoms with Crippen molar-refractivity contribution in [2.45, 2.75) is 37.6 Å². The third kappa shape index (κ3) is 5.14. The summed E-state index contributed by atoms with van der Waals surface area (Å²) in [5, 5.41) is 0. The third-order valence-corrected chi connectivity index (χ3v) is 9.75. The Balaban J connectivity index is 1.68. The Morgan fingerprint density at radius 1 is 1.00 bits per heavy atom. The van der Waals surface area contributed by atoms with Gasteiger partial charge >= 0.3 is 5.52 Å². The van der Waals surface area contributed by atoms with E-state index < -0.39 is 0 Å². The molecule has 2 nitrogen and oxygen atoms in total. The second-order valence-electron chi connectivity index (χ2n) is 7.36. The molecule has 120 valence electrons. The van der Waals surface area contributed by atoms with Crippen LogP contribution in [0.3, 0.4) is 0 Å². The smallest absolute Gasteiger partial charge is 0.306 e. The molecule has 0 N–H and O–H groups in total. The molecule has 0 aromatic heterocycles. The van der Waals surface area contributed by atoms with Gasteiger partial charge in [0.05, 0.1) is 12.6 Å². The SMILES string of the molecule is C=[P+](C)C(N1CC(CCC2CCCN(C)CC2)C1)[P+](=C)C. The Morgan fingerprint density at radius 2 is 1.62 bits per heavy atom. The highest BCUT2D eigenvalue weighted by Crippen LogP contribution is 2.45. The Bertz CT molecular complexity index is 363. The first-order valence-corrected chi connectivity index (χ1v) is 12.5. The van der Waals surface area contributed by atoms with Gasteiger partial charge in [-0.25, -0.2) is 4.90 Å². The van der Waals surface area contributed by atoms with Crippen molar-refractivity contribution in [2.75, 3.05) is 46.6 Å². The van der Waals surface area contributed by atoms with Gasteiger partial charge < -0.3 is 4.90 Å². The lowest BCUT2D eigenvalue weighted by Crippen LogP contribution is -2.49. The summed E-state index contributed by atoms with van der Waals surface area (Å²) in [4.78, 5) is 5.19. The maximum absolute atomic E-state index is 4.32. The van der Waals surface area contributed by atoms with Gasteiger partial charge in [0.1, 0.15) is 13.3 Å². The Kier molecular flexibility index (Phi) is 6.88. The first kappa shape index (κ1) is 17.6. The van der Waals surface area contributed by atoms with Crippen molar-refractivity contribution in [2.24, 2.45) is 11.8 Å². The van der Waals surface area contributed by atoms with Gasteiger partial charge in [0.2, 0.25) is 0 Å². The molecule has 4 heteroatoms. The molecule has 2 saturated heterocycles. The largest absolute Gasteiger partial charge is 0.316 e. The Hall–Kier alpha value is 0.260. The molecular weight excluding hydrogens is 294 g/mol. The van der Waals surface area contributed by atoms with Gasteiger partial charge in [-0.2, -0.15) is 0 Å². The monoisotopic (exact) mass is 328 g/mol. The van der Waals surface area contributed by atoms with E-state index in [2.05, 4.69) is 42.8 Å². The zero-order valence-corrected chi connectivity index (χ0v) is 16.1. The molecule has 0 radical (unpaired) electrons. The Morgan fingerprint density at radius 3 is 2.24 bits per heavy atom. The molecule has 0 amide bonds. The molecule has 2 aliphatic heterocycles. The van der Waals surface area contributed by atoms with Crippen LogP contribution < -0.4 is 0 Å². The first-order valence-electron chi connectivity index (χ1n) is 8.46. The third-order valence-electron chi connectivity index (χ3n) is 5.15. The lowest BCUT2D eigenvalue weighted by Gasteiger charge is -2.39. The van der Waals surface area contributed by atoms with Crippen LogP contribution in [0.25, 0.3) is 0 Å². The molecule has 2 rings (SSSR count). The molecule has 2 aliphatic rings. The number of nitrogens with zero attached hydrogens (tertiary/aromatic N) is 2. The molecule has 0 saturated carbocycles. The van der Waals surface area contributed by atoms with Crippen LogP contribution in [0.1, 0.15) is 32.1 Å². The van der Waals surface area contributed by atoms with E-state index in [-0.39, 0.29) is 15.1 Å². The summed E-state index contributed by atoms with van der Waals surface area (Å²) >= 11 is 0. The summed E-state index contributed by atoms with van der Waals surface area (Å²) in [6.45, 7) is 9.90. The number of hydrogen-bond acceptors (Lipinski definition) is 2. The second-order valence-corrected chi connectivity index (χ2v) is 11.8. The molecular formula is C17H34N2P2+2. The molecule has 0 aliphatic carbocycles. The van der Waals surface area contributed by atoms with Gasteiger partial charge in [-0.1, -0.05) is 6.42 Å². The molecule has 0 bridgehead atoms. The van der Waals surface area contributed by atoms with E-state index in [0.29, 0.717) is 5.52 Å². The van der Waals surface area contributed by atoms with Crippen molar-refractivity contribution >= 4 is 27.7 Å². The average molecular weight is 328 g/mol. The number of likely N-dealkylation sites (tertiary alicyclic amines) is 2. The Labute approximate surface area is 134 Å². The van der Waals surface area contributed by atoms with Crippen molar-refractivity contribution in [3.8, 4) is 0 Å². The van der Waals surface area contributed by atoms with Crippen LogP contribution in [0.15, 0.2) is 0 Å². The van der Waals surface area contributed by atoms with Crippen LogP contribution in [0.2, 0.25) is 0 Å².